The highest BCUT2D eigenvalue weighted by Gasteiger charge is 2.05. The van der Waals surface area contributed by atoms with E-state index >= 15 is 0 Å². The first-order chi connectivity index (χ1) is 9.17. The third kappa shape index (κ3) is 3.67. The molecular formula is C15H13NO3. The van der Waals surface area contributed by atoms with E-state index in [1.807, 2.05) is 0 Å². The van der Waals surface area contributed by atoms with Crippen LogP contribution in [0, 0.1) is 0 Å². The Balaban J connectivity index is 2.03. The molecule has 1 amide bonds. The number of benzene rings is 2. The van der Waals surface area contributed by atoms with Gasteiger partial charge in [0.05, 0.1) is 6.42 Å². The Morgan fingerprint density at radius 2 is 1.95 bits per heavy atom. The van der Waals surface area contributed by atoms with Crippen LogP contribution in [0.25, 0.3) is 0 Å². The zero-order valence-electron chi connectivity index (χ0n) is 10.2. The van der Waals surface area contributed by atoms with E-state index < -0.39 is 0 Å². The first-order valence-electron chi connectivity index (χ1n) is 5.80. The van der Waals surface area contributed by atoms with Gasteiger partial charge in [0.15, 0.2) is 0 Å². The third-order valence-corrected chi connectivity index (χ3v) is 2.58. The number of phenols is 1. The lowest BCUT2D eigenvalue weighted by atomic mass is 10.1. The highest BCUT2D eigenvalue weighted by atomic mass is 16.3. The van der Waals surface area contributed by atoms with Gasteiger partial charge in [0.25, 0.3) is 0 Å². The van der Waals surface area contributed by atoms with Gasteiger partial charge in [-0.1, -0.05) is 24.3 Å². The number of aromatic hydroxyl groups is 1. The topological polar surface area (TPSA) is 66.4 Å². The van der Waals surface area contributed by atoms with E-state index in [2.05, 4.69) is 5.32 Å². The standard InChI is InChI=1S/C15H13NO3/c17-10-12-4-1-5-13(7-12)16-15(19)9-11-3-2-6-14(18)8-11/h1-8,10,18H,9H2,(H,16,19). The molecule has 4 heteroatoms. The Labute approximate surface area is 110 Å². The second-order valence-corrected chi connectivity index (χ2v) is 4.14. The summed E-state index contributed by atoms with van der Waals surface area (Å²) in [5.41, 5.74) is 1.81. The van der Waals surface area contributed by atoms with Crippen molar-refractivity contribution >= 4 is 17.9 Å². The van der Waals surface area contributed by atoms with Crippen molar-refractivity contribution in [1.29, 1.82) is 0 Å². The second kappa shape index (κ2) is 5.82. The summed E-state index contributed by atoms with van der Waals surface area (Å²) in [4.78, 5) is 22.4. The molecule has 19 heavy (non-hydrogen) atoms. The smallest absolute Gasteiger partial charge is 0.228 e. The SMILES string of the molecule is O=Cc1cccc(NC(=O)Cc2cccc(O)c2)c1. The van der Waals surface area contributed by atoms with Crippen LogP contribution < -0.4 is 5.32 Å². The van der Waals surface area contributed by atoms with Crippen LogP contribution in [0.15, 0.2) is 48.5 Å². The maximum Gasteiger partial charge on any atom is 0.228 e. The number of anilines is 1. The van der Waals surface area contributed by atoms with Crippen molar-refractivity contribution in [2.24, 2.45) is 0 Å². The number of aldehydes is 1. The van der Waals surface area contributed by atoms with Crippen molar-refractivity contribution in [3.63, 3.8) is 0 Å². The van der Waals surface area contributed by atoms with Gasteiger partial charge in [-0.05, 0) is 29.8 Å². The average molecular weight is 255 g/mol. The molecule has 2 rings (SSSR count). The van der Waals surface area contributed by atoms with Crippen LogP contribution in [0.1, 0.15) is 15.9 Å². The van der Waals surface area contributed by atoms with Gasteiger partial charge >= 0.3 is 0 Å². The van der Waals surface area contributed by atoms with E-state index in [1.165, 1.54) is 0 Å². The maximum atomic E-state index is 11.8. The lowest BCUT2D eigenvalue weighted by molar-refractivity contribution is -0.115. The minimum absolute atomic E-state index is 0.133. The molecular weight excluding hydrogens is 242 g/mol. The molecule has 0 aliphatic heterocycles. The van der Waals surface area contributed by atoms with Crippen molar-refractivity contribution < 1.29 is 14.7 Å². The molecule has 2 aromatic carbocycles. The molecule has 2 N–H and O–H groups in total. The van der Waals surface area contributed by atoms with Crippen LogP contribution in [-0.2, 0) is 11.2 Å². The highest BCUT2D eigenvalue weighted by molar-refractivity contribution is 5.93. The number of rotatable bonds is 4. The maximum absolute atomic E-state index is 11.8. The van der Waals surface area contributed by atoms with Crippen molar-refractivity contribution in [2.45, 2.75) is 6.42 Å². The van der Waals surface area contributed by atoms with Crippen LogP contribution in [-0.4, -0.2) is 17.3 Å². The zero-order valence-corrected chi connectivity index (χ0v) is 10.2. The van der Waals surface area contributed by atoms with Gasteiger partial charge in [-0.3, -0.25) is 9.59 Å². The molecule has 0 bridgehead atoms. The fourth-order valence-electron chi connectivity index (χ4n) is 1.75. The number of amides is 1. The number of nitrogens with one attached hydrogen (secondary N) is 1. The summed E-state index contributed by atoms with van der Waals surface area (Å²) in [5, 5.41) is 12.0. The molecule has 0 unspecified atom stereocenters. The molecule has 4 nitrogen and oxygen atoms in total. The molecule has 0 atom stereocenters. The Morgan fingerprint density at radius 3 is 2.68 bits per heavy atom. The van der Waals surface area contributed by atoms with Crippen LogP contribution in [0.5, 0.6) is 5.75 Å². The summed E-state index contributed by atoms with van der Waals surface area (Å²) in [6.45, 7) is 0. The van der Waals surface area contributed by atoms with Crippen LogP contribution in [0.4, 0.5) is 5.69 Å². The molecule has 0 aromatic heterocycles. The summed E-state index contributed by atoms with van der Waals surface area (Å²) in [6.07, 6.45) is 0.893. The first kappa shape index (κ1) is 12.8. The number of hydrogen-bond acceptors (Lipinski definition) is 3. The Bertz CT molecular complexity index is 608. The molecule has 0 saturated heterocycles. The van der Waals surface area contributed by atoms with Crippen LogP contribution in [0.2, 0.25) is 0 Å². The van der Waals surface area contributed by atoms with E-state index in [-0.39, 0.29) is 18.1 Å². The number of phenolic OH excluding ortho intramolecular Hbond substituents is 1. The lowest BCUT2D eigenvalue weighted by Crippen LogP contribution is -2.14. The number of carbonyl (C=O) groups is 2. The van der Waals surface area contributed by atoms with Gasteiger partial charge in [0.1, 0.15) is 12.0 Å². The van der Waals surface area contributed by atoms with Crippen molar-refractivity contribution in [1.82, 2.24) is 0 Å². The van der Waals surface area contributed by atoms with Gasteiger partial charge in [0.2, 0.25) is 5.91 Å². The number of carbonyl (C=O) groups excluding carboxylic acids is 2. The summed E-state index contributed by atoms with van der Waals surface area (Å²) in [6, 6.07) is 13.2. The van der Waals surface area contributed by atoms with E-state index in [9.17, 15) is 14.7 Å². The molecule has 0 aliphatic carbocycles. The van der Waals surface area contributed by atoms with Crippen molar-refractivity contribution in [2.75, 3.05) is 5.32 Å². The molecule has 96 valence electrons. The van der Waals surface area contributed by atoms with E-state index in [0.29, 0.717) is 11.3 Å². The lowest BCUT2D eigenvalue weighted by Gasteiger charge is -2.06. The van der Waals surface area contributed by atoms with E-state index in [1.54, 1.807) is 48.5 Å². The summed E-state index contributed by atoms with van der Waals surface area (Å²) < 4.78 is 0. The van der Waals surface area contributed by atoms with Gasteiger partial charge in [-0.15, -0.1) is 0 Å². The van der Waals surface area contributed by atoms with Gasteiger partial charge in [0, 0.05) is 11.3 Å². The molecule has 0 saturated carbocycles. The molecule has 0 spiro atoms. The third-order valence-electron chi connectivity index (χ3n) is 2.58. The monoisotopic (exact) mass is 255 g/mol. The molecule has 0 fully saturated rings. The predicted molar refractivity (Wildman–Crippen MR) is 72.3 cm³/mol. The summed E-state index contributed by atoms with van der Waals surface area (Å²) >= 11 is 0. The van der Waals surface area contributed by atoms with Gasteiger partial charge < -0.3 is 10.4 Å². The average Bonchev–Trinajstić information content (AvgIpc) is 2.38. The summed E-state index contributed by atoms with van der Waals surface area (Å²) in [7, 11) is 0. The minimum atomic E-state index is -0.200. The minimum Gasteiger partial charge on any atom is -0.508 e. The Morgan fingerprint density at radius 1 is 1.16 bits per heavy atom. The Kier molecular flexibility index (Phi) is 3.93. The van der Waals surface area contributed by atoms with E-state index in [4.69, 9.17) is 0 Å². The molecule has 0 radical (unpaired) electrons. The van der Waals surface area contributed by atoms with E-state index in [0.717, 1.165) is 11.8 Å². The zero-order chi connectivity index (χ0) is 13.7. The quantitative estimate of drug-likeness (QED) is 0.824. The number of hydrogen-bond donors (Lipinski definition) is 2. The normalized spacial score (nSPS) is 9.89. The largest absolute Gasteiger partial charge is 0.508 e. The van der Waals surface area contributed by atoms with Gasteiger partial charge in [-0.25, -0.2) is 0 Å². The van der Waals surface area contributed by atoms with Crippen molar-refractivity contribution in [3.8, 4) is 5.75 Å². The molecule has 0 heterocycles. The fraction of sp³-hybridized carbons (Fsp3) is 0.0667. The summed E-state index contributed by atoms with van der Waals surface area (Å²) in [5.74, 6) is -0.0677. The molecule has 0 aliphatic rings. The highest BCUT2D eigenvalue weighted by Crippen LogP contribution is 2.13. The van der Waals surface area contributed by atoms with Crippen molar-refractivity contribution in [3.05, 3.63) is 59.7 Å². The fourth-order valence-corrected chi connectivity index (χ4v) is 1.75. The van der Waals surface area contributed by atoms with Crippen LogP contribution >= 0.6 is 0 Å². The van der Waals surface area contributed by atoms with Gasteiger partial charge in [-0.2, -0.15) is 0 Å². The second-order valence-electron chi connectivity index (χ2n) is 4.14. The van der Waals surface area contributed by atoms with Crippen LogP contribution in [0.3, 0.4) is 0 Å². The first-order valence-corrected chi connectivity index (χ1v) is 5.80. The predicted octanol–water partition coefficient (Wildman–Crippen LogP) is 2.39. The Hall–Kier alpha value is -2.62. The molecule has 2 aromatic rings.